The lowest BCUT2D eigenvalue weighted by molar-refractivity contribution is 0.476. The average molecular weight is 375 g/mol. The summed E-state index contributed by atoms with van der Waals surface area (Å²) in [4.78, 5) is 0. The van der Waals surface area contributed by atoms with Crippen LogP contribution in [0.4, 0.5) is 0 Å². The van der Waals surface area contributed by atoms with E-state index in [1.807, 2.05) is 12.1 Å². The Morgan fingerprint density at radius 2 is 1.17 bits per heavy atom. The monoisotopic (exact) mass is 375 g/mol. The number of nitrogens with zero attached hydrogens (tertiary/aromatic N) is 1. The second-order valence-corrected chi connectivity index (χ2v) is 7.29. The van der Waals surface area contributed by atoms with Gasteiger partial charge in [0.2, 0.25) is 0 Å². The van der Waals surface area contributed by atoms with Crippen molar-refractivity contribution in [3.8, 4) is 28.3 Å². The molecule has 0 bridgehead atoms. The molecule has 4 aromatic carbocycles. The van der Waals surface area contributed by atoms with E-state index < -0.39 is 0 Å². The predicted octanol–water partition coefficient (Wildman–Crippen LogP) is 6.73. The van der Waals surface area contributed by atoms with Crippen LogP contribution in [0.25, 0.3) is 33.3 Å². The van der Waals surface area contributed by atoms with Crippen molar-refractivity contribution >= 4 is 10.8 Å². The minimum Gasteiger partial charge on any atom is -0.508 e. The van der Waals surface area contributed by atoms with Crippen molar-refractivity contribution in [1.82, 2.24) is 4.57 Å². The van der Waals surface area contributed by atoms with Gasteiger partial charge in [-0.3, -0.25) is 0 Å². The standard InChI is InChI=1S/C27H21NO/c29-25-14-13-22-17-24(12-11-23(22)18-25)27-16-15-26(21-9-5-2-6-10-21)28(27)19-20-7-3-1-4-8-20/h1-18,29H,19H2. The van der Waals surface area contributed by atoms with Crippen LogP contribution in [0.1, 0.15) is 5.56 Å². The van der Waals surface area contributed by atoms with Gasteiger partial charge in [-0.05, 0) is 57.8 Å². The van der Waals surface area contributed by atoms with Gasteiger partial charge in [0.1, 0.15) is 5.75 Å². The predicted molar refractivity (Wildman–Crippen MR) is 120 cm³/mol. The molecule has 1 aromatic heterocycles. The number of phenolic OH excluding ortho intramolecular Hbond substituents is 1. The number of fused-ring (bicyclic) bond motifs is 1. The highest BCUT2D eigenvalue weighted by molar-refractivity contribution is 5.88. The van der Waals surface area contributed by atoms with Crippen molar-refractivity contribution < 1.29 is 5.11 Å². The van der Waals surface area contributed by atoms with E-state index in [0.717, 1.165) is 17.3 Å². The van der Waals surface area contributed by atoms with Crippen LogP contribution in [0.3, 0.4) is 0 Å². The Hall–Kier alpha value is -3.78. The molecule has 0 fully saturated rings. The summed E-state index contributed by atoms with van der Waals surface area (Å²) in [6.45, 7) is 0.807. The van der Waals surface area contributed by atoms with E-state index in [2.05, 4.69) is 89.5 Å². The molecule has 0 radical (unpaired) electrons. The zero-order chi connectivity index (χ0) is 19.6. The van der Waals surface area contributed by atoms with Gasteiger partial charge in [0.05, 0.1) is 0 Å². The molecule has 0 atom stereocenters. The number of hydrogen-bond acceptors (Lipinski definition) is 1. The summed E-state index contributed by atoms with van der Waals surface area (Å²) in [5.41, 5.74) is 6.03. The zero-order valence-electron chi connectivity index (χ0n) is 16.0. The maximum Gasteiger partial charge on any atom is 0.116 e. The molecule has 0 aliphatic heterocycles. The van der Waals surface area contributed by atoms with Crippen LogP contribution in [0.2, 0.25) is 0 Å². The number of hydrogen-bond donors (Lipinski definition) is 1. The summed E-state index contributed by atoms with van der Waals surface area (Å²) in [6.07, 6.45) is 0. The maximum absolute atomic E-state index is 9.75. The third kappa shape index (κ3) is 3.41. The van der Waals surface area contributed by atoms with E-state index in [9.17, 15) is 5.11 Å². The molecule has 0 spiro atoms. The van der Waals surface area contributed by atoms with Crippen LogP contribution in [0.5, 0.6) is 5.75 Å². The summed E-state index contributed by atoms with van der Waals surface area (Å²) in [6, 6.07) is 37.4. The zero-order valence-corrected chi connectivity index (χ0v) is 16.0. The molecule has 1 N–H and O–H groups in total. The van der Waals surface area contributed by atoms with E-state index in [1.165, 1.54) is 28.1 Å². The Morgan fingerprint density at radius 1 is 0.552 bits per heavy atom. The van der Waals surface area contributed by atoms with E-state index in [4.69, 9.17) is 0 Å². The smallest absolute Gasteiger partial charge is 0.116 e. The molecule has 1 heterocycles. The quantitative estimate of drug-likeness (QED) is 0.370. The highest BCUT2D eigenvalue weighted by Crippen LogP contribution is 2.32. The summed E-state index contributed by atoms with van der Waals surface area (Å²) in [5.74, 6) is 0.295. The topological polar surface area (TPSA) is 25.2 Å². The lowest BCUT2D eigenvalue weighted by Crippen LogP contribution is -2.03. The van der Waals surface area contributed by atoms with Gasteiger partial charge in [0.15, 0.2) is 0 Å². The number of phenols is 1. The molecule has 0 saturated carbocycles. The van der Waals surface area contributed by atoms with Gasteiger partial charge in [-0.15, -0.1) is 0 Å². The Balaban J connectivity index is 1.66. The number of aromatic hydroxyl groups is 1. The first kappa shape index (κ1) is 17.3. The highest BCUT2D eigenvalue weighted by Gasteiger charge is 2.13. The third-order valence-corrected chi connectivity index (χ3v) is 5.35. The van der Waals surface area contributed by atoms with Gasteiger partial charge in [-0.25, -0.2) is 0 Å². The molecule has 0 aliphatic carbocycles. The SMILES string of the molecule is Oc1ccc2cc(-c3ccc(-c4ccccc4)n3Cc3ccccc3)ccc2c1. The third-order valence-electron chi connectivity index (χ3n) is 5.35. The maximum atomic E-state index is 9.75. The molecule has 140 valence electrons. The minimum atomic E-state index is 0.295. The second-order valence-electron chi connectivity index (χ2n) is 7.29. The molecular weight excluding hydrogens is 354 g/mol. The first-order chi connectivity index (χ1) is 14.3. The summed E-state index contributed by atoms with van der Waals surface area (Å²) in [5, 5.41) is 11.9. The van der Waals surface area contributed by atoms with Crippen molar-refractivity contribution in [2.75, 3.05) is 0 Å². The number of aromatic nitrogens is 1. The molecule has 0 saturated heterocycles. The van der Waals surface area contributed by atoms with Crippen molar-refractivity contribution in [3.63, 3.8) is 0 Å². The first-order valence-electron chi connectivity index (χ1n) is 9.80. The van der Waals surface area contributed by atoms with Crippen molar-refractivity contribution in [2.24, 2.45) is 0 Å². The van der Waals surface area contributed by atoms with Crippen LogP contribution in [-0.4, -0.2) is 9.67 Å². The van der Waals surface area contributed by atoms with Gasteiger partial charge >= 0.3 is 0 Å². The normalized spacial score (nSPS) is 11.0. The van der Waals surface area contributed by atoms with E-state index in [-0.39, 0.29) is 0 Å². The summed E-state index contributed by atoms with van der Waals surface area (Å²) < 4.78 is 2.38. The molecule has 0 aliphatic rings. The Labute approximate surface area is 170 Å². The lowest BCUT2D eigenvalue weighted by Gasteiger charge is -2.15. The van der Waals surface area contributed by atoms with Crippen LogP contribution < -0.4 is 0 Å². The van der Waals surface area contributed by atoms with Crippen LogP contribution in [0.15, 0.2) is 109 Å². The van der Waals surface area contributed by atoms with E-state index in [0.29, 0.717) is 5.75 Å². The summed E-state index contributed by atoms with van der Waals surface area (Å²) in [7, 11) is 0. The van der Waals surface area contributed by atoms with E-state index in [1.54, 1.807) is 12.1 Å². The first-order valence-corrected chi connectivity index (χ1v) is 9.80. The van der Waals surface area contributed by atoms with Gasteiger partial charge in [-0.1, -0.05) is 78.9 Å². The molecule has 2 heteroatoms. The van der Waals surface area contributed by atoms with E-state index >= 15 is 0 Å². The van der Waals surface area contributed by atoms with Gasteiger partial charge < -0.3 is 9.67 Å². The fourth-order valence-electron chi connectivity index (χ4n) is 3.91. The second kappa shape index (κ2) is 7.33. The summed E-state index contributed by atoms with van der Waals surface area (Å²) >= 11 is 0. The van der Waals surface area contributed by atoms with Crippen molar-refractivity contribution in [3.05, 3.63) is 115 Å². The van der Waals surface area contributed by atoms with Crippen LogP contribution in [0, 0.1) is 0 Å². The van der Waals surface area contributed by atoms with Crippen molar-refractivity contribution in [2.45, 2.75) is 6.54 Å². The molecule has 0 unspecified atom stereocenters. The number of rotatable bonds is 4. The minimum absolute atomic E-state index is 0.295. The fraction of sp³-hybridized carbons (Fsp3) is 0.0370. The van der Waals surface area contributed by atoms with Gasteiger partial charge in [-0.2, -0.15) is 0 Å². The van der Waals surface area contributed by atoms with Gasteiger partial charge in [0.25, 0.3) is 0 Å². The number of benzene rings is 4. The molecule has 29 heavy (non-hydrogen) atoms. The fourth-order valence-corrected chi connectivity index (χ4v) is 3.91. The Bertz CT molecular complexity index is 1270. The molecule has 5 aromatic rings. The Kier molecular flexibility index (Phi) is 4.38. The average Bonchev–Trinajstić information content (AvgIpc) is 3.18. The van der Waals surface area contributed by atoms with Gasteiger partial charge in [0, 0.05) is 17.9 Å². The van der Waals surface area contributed by atoms with Crippen molar-refractivity contribution in [1.29, 1.82) is 0 Å². The molecule has 0 amide bonds. The Morgan fingerprint density at radius 3 is 1.93 bits per heavy atom. The van der Waals surface area contributed by atoms with Crippen LogP contribution in [-0.2, 0) is 6.54 Å². The molecular formula is C27H21NO. The van der Waals surface area contributed by atoms with Crippen LogP contribution >= 0.6 is 0 Å². The molecule has 2 nitrogen and oxygen atoms in total. The highest BCUT2D eigenvalue weighted by atomic mass is 16.3. The lowest BCUT2D eigenvalue weighted by atomic mass is 10.0. The largest absolute Gasteiger partial charge is 0.508 e. The molecule has 5 rings (SSSR count).